The lowest BCUT2D eigenvalue weighted by molar-refractivity contribution is 0.0697. The zero-order chi connectivity index (χ0) is 21.1. The van der Waals surface area contributed by atoms with E-state index in [9.17, 15) is 4.79 Å². The van der Waals surface area contributed by atoms with Gasteiger partial charge >= 0.3 is 5.97 Å². The minimum Gasteiger partial charge on any atom is -0.478 e. The molecule has 0 unspecified atom stereocenters. The minimum absolute atomic E-state index is 0.214. The SMILES string of the molecule is Cc1cccc(-c2nc(N)sc2Oc2ccnc(Nc3ccc(C(=O)O)cc3)c2)n1. The van der Waals surface area contributed by atoms with Crippen molar-refractivity contribution < 1.29 is 14.6 Å². The van der Waals surface area contributed by atoms with Gasteiger partial charge in [0, 0.05) is 23.6 Å². The van der Waals surface area contributed by atoms with Crippen LogP contribution in [0.15, 0.2) is 60.8 Å². The Kier molecular flexibility index (Phi) is 5.27. The third-order valence-electron chi connectivity index (χ3n) is 4.09. The van der Waals surface area contributed by atoms with Crippen molar-refractivity contribution in [2.24, 2.45) is 0 Å². The molecule has 30 heavy (non-hydrogen) atoms. The van der Waals surface area contributed by atoms with Crippen LogP contribution in [-0.2, 0) is 0 Å². The summed E-state index contributed by atoms with van der Waals surface area (Å²) >= 11 is 1.23. The minimum atomic E-state index is -0.974. The number of benzene rings is 1. The van der Waals surface area contributed by atoms with Crippen molar-refractivity contribution in [3.05, 3.63) is 72.1 Å². The summed E-state index contributed by atoms with van der Waals surface area (Å²) in [5, 5.41) is 13.0. The molecule has 4 N–H and O–H groups in total. The monoisotopic (exact) mass is 419 g/mol. The van der Waals surface area contributed by atoms with E-state index in [4.69, 9.17) is 15.6 Å². The number of aromatic nitrogens is 3. The summed E-state index contributed by atoms with van der Waals surface area (Å²) in [6.07, 6.45) is 1.61. The number of anilines is 3. The molecule has 0 saturated carbocycles. The Morgan fingerprint density at radius 2 is 1.93 bits per heavy atom. The first-order valence-corrected chi connectivity index (χ1v) is 9.74. The molecule has 9 heteroatoms. The second kappa shape index (κ2) is 8.18. The number of thiazole rings is 1. The highest BCUT2D eigenvalue weighted by Gasteiger charge is 2.16. The van der Waals surface area contributed by atoms with Crippen LogP contribution >= 0.6 is 11.3 Å². The molecule has 0 spiro atoms. The molecule has 0 aliphatic rings. The lowest BCUT2D eigenvalue weighted by Crippen LogP contribution is -1.97. The van der Waals surface area contributed by atoms with Gasteiger partial charge in [0.25, 0.3) is 0 Å². The maximum Gasteiger partial charge on any atom is 0.335 e. The molecule has 0 aliphatic carbocycles. The van der Waals surface area contributed by atoms with Gasteiger partial charge in [0.15, 0.2) is 5.13 Å². The Hall–Kier alpha value is -3.98. The molecule has 0 amide bonds. The Morgan fingerprint density at radius 1 is 1.13 bits per heavy atom. The number of aryl methyl sites for hydroxylation is 1. The maximum atomic E-state index is 11.0. The Morgan fingerprint density at radius 3 is 2.67 bits per heavy atom. The summed E-state index contributed by atoms with van der Waals surface area (Å²) in [7, 11) is 0. The van der Waals surface area contributed by atoms with Crippen LogP contribution in [0.4, 0.5) is 16.6 Å². The van der Waals surface area contributed by atoms with Gasteiger partial charge in [0.1, 0.15) is 17.3 Å². The molecular formula is C21H17N5O3S. The molecule has 0 bridgehead atoms. The summed E-state index contributed by atoms with van der Waals surface area (Å²) < 4.78 is 6.03. The summed E-state index contributed by atoms with van der Waals surface area (Å²) in [5.41, 5.74) is 8.96. The zero-order valence-electron chi connectivity index (χ0n) is 15.9. The summed E-state index contributed by atoms with van der Waals surface area (Å²) in [5.74, 6) is 0.119. The number of carbonyl (C=O) groups is 1. The molecule has 150 valence electrons. The van der Waals surface area contributed by atoms with Gasteiger partial charge in [-0.05, 0) is 49.4 Å². The van der Waals surface area contributed by atoms with Crippen LogP contribution in [0.5, 0.6) is 10.8 Å². The van der Waals surface area contributed by atoms with Gasteiger partial charge in [0.05, 0.1) is 11.3 Å². The van der Waals surface area contributed by atoms with E-state index in [0.717, 1.165) is 5.69 Å². The van der Waals surface area contributed by atoms with Gasteiger partial charge in [-0.3, -0.25) is 4.98 Å². The first-order chi connectivity index (χ1) is 14.5. The van der Waals surface area contributed by atoms with Crippen LogP contribution in [0.3, 0.4) is 0 Å². The molecule has 0 saturated heterocycles. The zero-order valence-corrected chi connectivity index (χ0v) is 16.7. The van der Waals surface area contributed by atoms with Crippen LogP contribution < -0.4 is 15.8 Å². The molecular weight excluding hydrogens is 402 g/mol. The summed E-state index contributed by atoms with van der Waals surface area (Å²) in [4.78, 5) is 24.1. The number of hydrogen-bond donors (Lipinski definition) is 3. The largest absolute Gasteiger partial charge is 0.478 e. The molecule has 3 aromatic heterocycles. The lowest BCUT2D eigenvalue weighted by atomic mass is 10.2. The standard InChI is InChI=1S/C21H17N5O3S/c1-12-3-2-4-16(24-12)18-20(30-21(22)26-18)29-15-9-10-23-17(11-15)25-14-7-5-13(6-8-14)19(27)28/h2-11H,1H3,(H2,22,26)(H,23,25)(H,27,28). The number of rotatable bonds is 6. The molecule has 4 rings (SSSR count). The number of carboxylic acids is 1. The van der Waals surface area contributed by atoms with E-state index >= 15 is 0 Å². The van der Waals surface area contributed by atoms with Crippen molar-refractivity contribution in [1.29, 1.82) is 0 Å². The fraction of sp³-hybridized carbons (Fsp3) is 0.0476. The van der Waals surface area contributed by atoms with Crippen molar-refractivity contribution in [1.82, 2.24) is 15.0 Å². The fourth-order valence-electron chi connectivity index (χ4n) is 2.72. The maximum absolute atomic E-state index is 11.0. The number of aromatic carboxylic acids is 1. The van der Waals surface area contributed by atoms with Gasteiger partial charge < -0.3 is 20.9 Å². The number of nitrogens with one attached hydrogen (secondary N) is 1. The van der Waals surface area contributed by atoms with E-state index in [2.05, 4.69) is 20.3 Å². The fourth-order valence-corrected chi connectivity index (χ4v) is 3.43. The third-order valence-corrected chi connectivity index (χ3v) is 4.85. The molecule has 0 fully saturated rings. The van der Waals surface area contributed by atoms with Crippen molar-refractivity contribution in [2.45, 2.75) is 6.92 Å². The topological polar surface area (TPSA) is 123 Å². The number of nitrogen functional groups attached to an aromatic ring is 1. The van der Waals surface area contributed by atoms with Crippen LogP contribution in [0.25, 0.3) is 11.4 Å². The predicted molar refractivity (Wildman–Crippen MR) is 115 cm³/mol. The number of pyridine rings is 2. The molecule has 3 heterocycles. The van der Waals surface area contributed by atoms with Gasteiger partial charge in [0.2, 0.25) is 5.06 Å². The van der Waals surface area contributed by atoms with Crippen LogP contribution in [0, 0.1) is 6.92 Å². The second-order valence-electron chi connectivity index (χ2n) is 6.34. The highest BCUT2D eigenvalue weighted by Crippen LogP contribution is 2.39. The lowest BCUT2D eigenvalue weighted by Gasteiger charge is -2.09. The highest BCUT2D eigenvalue weighted by molar-refractivity contribution is 7.17. The summed E-state index contributed by atoms with van der Waals surface area (Å²) in [6, 6.07) is 15.5. The quantitative estimate of drug-likeness (QED) is 0.410. The van der Waals surface area contributed by atoms with E-state index in [1.165, 1.54) is 23.5 Å². The Balaban J connectivity index is 1.56. The molecule has 0 aliphatic heterocycles. The van der Waals surface area contributed by atoms with Crippen LogP contribution in [0.1, 0.15) is 16.1 Å². The highest BCUT2D eigenvalue weighted by atomic mass is 32.1. The average molecular weight is 419 g/mol. The predicted octanol–water partition coefficient (Wildman–Crippen LogP) is 4.72. The smallest absolute Gasteiger partial charge is 0.335 e. The van der Waals surface area contributed by atoms with Crippen molar-refractivity contribution in [3.63, 3.8) is 0 Å². The van der Waals surface area contributed by atoms with Gasteiger partial charge in [-0.1, -0.05) is 17.4 Å². The Labute approximate surface area is 176 Å². The van der Waals surface area contributed by atoms with Gasteiger partial charge in [-0.15, -0.1) is 0 Å². The van der Waals surface area contributed by atoms with Crippen LogP contribution in [0.2, 0.25) is 0 Å². The second-order valence-corrected chi connectivity index (χ2v) is 7.33. The van der Waals surface area contributed by atoms with E-state index in [1.807, 2.05) is 25.1 Å². The third kappa shape index (κ3) is 4.36. The van der Waals surface area contributed by atoms with E-state index < -0.39 is 5.97 Å². The van der Waals surface area contributed by atoms with Crippen molar-refractivity contribution in [2.75, 3.05) is 11.1 Å². The first kappa shape index (κ1) is 19.3. The van der Waals surface area contributed by atoms with E-state index in [0.29, 0.717) is 38.8 Å². The van der Waals surface area contributed by atoms with Gasteiger partial charge in [-0.2, -0.15) is 0 Å². The molecule has 1 aromatic carbocycles. The number of carboxylic acid groups (broad SMARTS) is 1. The van der Waals surface area contributed by atoms with E-state index in [-0.39, 0.29) is 5.56 Å². The molecule has 0 atom stereocenters. The number of nitrogens with two attached hydrogens (primary N) is 1. The molecule has 0 radical (unpaired) electrons. The number of ether oxygens (including phenoxy) is 1. The van der Waals surface area contributed by atoms with E-state index in [1.54, 1.807) is 30.5 Å². The molecule has 4 aromatic rings. The summed E-state index contributed by atoms with van der Waals surface area (Å²) in [6.45, 7) is 1.91. The van der Waals surface area contributed by atoms with Crippen molar-refractivity contribution >= 4 is 33.9 Å². The van der Waals surface area contributed by atoms with Gasteiger partial charge in [-0.25, -0.2) is 14.8 Å². The van der Waals surface area contributed by atoms with Crippen LogP contribution in [-0.4, -0.2) is 26.0 Å². The first-order valence-electron chi connectivity index (χ1n) is 8.92. The molecule has 8 nitrogen and oxygen atoms in total. The number of nitrogens with zero attached hydrogens (tertiary/aromatic N) is 3. The normalized spacial score (nSPS) is 10.6. The average Bonchev–Trinajstić information content (AvgIpc) is 3.09. The Bertz CT molecular complexity index is 1210. The van der Waals surface area contributed by atoms with Crippen molar-refractivity contribution in [3.8, 4) is 22.2 Å². The number of hydrogen-bond acceptors (Lipinski definition) is 8.